The standard InChI is InChI=1S/C18H24N4O3/c1-13(2)17(24)22-8-4-6-18(12-22)9-15(21-25-18)16(23)20-11-14-5-3-7-19-10-14/h3,5,7,10,13H,4,6,8-9,11-12H2,1-2H3,(H,20,23)/t18-/m1/s1. The molecule has 7 heteroatoms. The summed E-state index contributed by atoms with van der Waals surface area (Å²) in [6.45, 7) is 5.42. The van der Waals surface area contributed by atoms with E-state index in [1.54, 1.807) is 12.4 Å². The topological polar surface area (TPSA) is 83.9 Å². The molecule has 1 atom stereocenters. The van der Waals surface area contributed by atoms with E-state index in [2.05, 4.69) is 15.5 Å². The van der Waals surface area contributed by atoms with E-state index in [1.165, 1.54) is 0 Å². The Morgan fingerprint density at radius 2 is 2.28 bits per heavy atom. The monoisotopic (exact) mass is 344 g/mol. The van der Waals surface area contributed by atoms with Crippen LogP contribution in [0.15, 0.2) is 29.7 Å². The summed E-state index contributed by atoms with van der Waals surface area (Å²) in [5.41, 5.74) is 0.767. The zero-order chi connectivity index (χ0) is 17.9. The molecule has 1 aromatic heterocycles. The van der Waals surface area contributed by atoms with Crippen LogP contribution in [0.1, 0.15) is 38.7 Å². The highest BCUT2D eigenvalue weighted by Gasteiger charge is 2.45. The zero-order valence-electron chi connectivity index (χ0n) is 14.7. The highest BCUT2D eigenvalue weighted by Crippen LogP contribution is 2.34. The fraction of sp³-hybridized carbons (Fsp3) is 0.556. The molecular formula is C18H24N4O3. The highest BCUT2D eigenvalue weighted by molar-refractivity contribution is 6.39. The molecule has 7 nitrogen and oxygen atoms in total. The highest BCUT2D eigenvalue weighted by atomic mass is 16.7. The predicted octanol–water partition coefficient (Wildman–Crippen LogP) is 1.49. The number of nitrogens with one attached hydrogen (secondary N) is 1. The first kappa shape index (κ1) is 17.4. The minimum Gasteiger partial charge on any atom is -0.386 e. The molecule has 1 saturated heterocycles. The molecule has 0 bridgehead atoms. The van der Waals surface area contributed by atoms with Crippen molar-refractivity contribution in [3.8, 4) is 0 Å². The van der Waals surface area contributed by atoms with Gasteiger partial charge in [0.2, 0.25) is 5.91 Å². The van der Waals surface area contributed by atoms with Gasteiger partial charge in [-0.15, -0.1) is 0 Å². The number of piperidine rings is 1. The van der Waals surface area contributed by atoms with Gasteiger partial charge in [-0.25, -0.2) is 0 Å². The SMILES string of the molecule is CC(C)C(=O)N1CCC[C@@]2(CC(C(=O)NCc3cccnc3)=NO2)C1. The van der Waals surface area contributed by atoms with E-state index >= 15 is 0 Å². The molecule has 1 aromatic rings. The van der Waals surface area contributed by atoms with Crippen molar-refractivity contribution in [2.45, 2.75) is 45.3 Å². The maximum atomic E-state index is 12.3. The Hall–Kier alpha value is -2.44. The molecule has 2 amide bonds. The second-order valence-corrected chi connectivity index (χ2v) is 7.05. The number of hydrogen-bond acceptors (Lipinski definition) is 5. The lowest BCUT2D eigenvalue weighted by Crippen LogP contribution is -2.51. The first-order valence-corrected chi connectivity index (χ1v) is 8.70. The largest absolute Gasteiger partial charge is 0.386 e. The van der Waals surface area contributed by atoms with Crippen LogP contribution < -0.4 is 5.32 Å². The maximum absolute atomic E-state index is 12.3. The number of carbonyl (C=O) groups excluding carboxylic acids is 2. The Bertz CT molecular complexity index is 674. The Balaban J connectivity index is 1.56. The van der Waals surface area contributed by atoms with Gasteiger partial charge in [0.05, 0.1) is 6.54 Å². The minimum absolute atomic E-state index is 0.0419. The van der Waals surface area contributed by atoms with Crippen molar-refractivity contribution in [1.82, 2.24) is 15.2 Å². The van der Waals surface area contributed by atoms with Gasteiger partial charge in [-0.3, -0.25) is 14.6 Å². The second kappa shape index (κ2) is 7.21. The van der Waals surface area contributed by atoms with Gasteiger partial charge < -0.3 is 15.1 Å². The summed E-state index contributed by atoms with van der Waals surface area (Å²) in [4.78, 5) is 36.1. The molecule has 0 saturated carbocycles. The van der Waals surface area contributed by atoms with Crippen molar-refractivity contribution in [1.29, 1.82) is 0 Å². The Kier molecular flexibility index (Phi) is 5.01. The summed E-state index contributed by atoms with van der Waals surface area (Å²) in [6.07, 6.45) is 5.51. The molecule has 2 aliphatic heterocycles. The number of nitrogens with zero attached hydrogens (tertiary/aromatic N) is 3. The fourth-order valence-corrected chi connectivity index (χ4v) is 3.30. The average Bonchev–Trinajstić information content (AvgIpc) is 3.03. The molecule has 1 N–H and O–H groups in total. The molecule has 0 aromatic carbocycles. The van der Waals surface area contributed by atoms with Crippen LogP contribution in [-0.2, 0) is 21.0 Å². The van der Waals surface area contributed by atoms with E-state index in [-0.39, 0.29) is 17.7 Å². The summed E-state index contributed by atoms with van der Waals surface area (Å²) >= 11 is 0. The van der Waals surface area contributed by atoms with Crippen LogP contribution in [0.4, 0.5) is 0 Å². The van der Waals surface area contributed by atoms with Gasteiger partial charge in [-0.2, -0.15) is 0 Å². The molecular weight excluding hydrogens is 320 g/mol. The summed E-state index contributed by atoms with van der Waals surface area (Å²) < 4.78 is 0. The Morgan fingerprint density at radius 3 is 3.00 bits per heavy atom. The normalized spacial score (nSPS) is 22.7. The van der Waals surface area contributed by atoms with Gasteiger partial charge >= 0.3 is 0 Å². The van der Waals surface area contributed by atoms with E-state index in [4.69, 9.17) is 4.84 Å². The van der Waals surface area contributed by atoms with Crippen LogP contribution in [0.25, 0.3) is 0 Å². The molecule has 3 heterocycles. The lowest BCUT2D eigenvalue weighted by atomic mass is 9.87. The molecule has 1 spiro atoms. The molecule has 134 valence electrons. The van der Waals surface area contributed by atoms with Crippen molar-refractivity contribution >= 4 is 17.5 Å². The quantitative estimate of drug-likeness (QED) is 0.897. The van der Waals surface area contributed by atoms with Crippen molar-refractivity contribution in [3.63, 3.8) is 0 Å². The van der Waals surface area contributed by atoms with E-state index < -0.39 is 5.60 Å². The van der Waals surface area contributed by atoms with E-state index in [0.29, 0.717) is 25.2 Å². The van der Waals surface area contributed by atoms with E-state index in [0.717, 1.165) is 24.9 Å². The summed E-state index contributed by atoms with van der Waals surface area (Å²) in [6, 6.07) is 3.73. The van der Waals surface area contributed by atoms with Crippen LogP contribution in [0, 0.1) is 5.92 Å². The number of pyridine rings is 1. The minimum atomic E-state index is -0.552. The lowest BCUT2D eigenvalue weighted by molar-refractivity contribution is -0.143. The number of hydrogen-bond donors (Lipinski definition) is 1. The summed E-state index contributed by atoms with van der Waals surface area (Å²) in [7, 11) is 0. The third-order valence-electron chi connectivity index (χ3n) is 4.62. The van der Waals surface area contributed by atoms with Crippen molar-refractivity contribution in [2.24, 2.45) is 11.1 Å². The number of oxime groups is 1. The van der Waals surface area contributed by atoms with Crippen molar-refractivity contribution in [2.75, 3.05) is 13.1 Å². The smallest absolute Gasteiger partial charge is 0.269 e. The summed E-state index contributed by atoms with van der Waals surface area (Å²) in [5.74, 6) is -0.148. The van der Waals surface area contributed by atoms with Crippen molar-refractivity contribution in [3.05, 3.63) is 30.1 Å². The van der Waals surface area contributed by atoms with Crippen molar-refractivity contribution < 1.29 is 14.4 Å². The molecule has 3 rings (SSSR count). The van der Waals surface area contributed by atoms with Crippen LogP contribution in [0.5, 0.6) is 0 Å². The first-order chi connectivity index (χ1) is 12.0. The third-order valence-corrected chi connectivity index (χ3v) is 4.62. The number of rotatable bonds is 4. The van der Waals surface area contributed by atoms with Gasteiger partial charge in [-0.05, 0) is 24.5 Å². The van der Waals surface area contributed by atoms with Gasteiger partial charge in [0.25, 0.3) is 5.91 Å². The lowest BCUT2D eigenvalue weighted by Gasteiger charge is -2.38. The summed E-state index contributed by atoms with van der Waals surface area (Å²) in [5, 5.41) is 6.86. The van der Waals surface area contributed by atoms with Crippen LogP contribution in [0.2, 0.25) is 0 Å². The van der Waals surface area contributed by atoms with Crippen LogP contribution in [0.3, 0.4) is 0 Å². The molecule has 2 aliphatic rings. The van der Waals surface area contributed by atoms with E-state index in [9.17, 15) is 9.59 Å². The van der Waals surface area contributed by atoms with Crippen LogP contribution >= 0.6 is 0 Å². The number of likely N-dealkylation sites (tertiary alicyclic amines) is 1. The van der Waals surface area contributed by atoms with Gasteiger partial charge in [0.1, 0.15) is 5.71 Å². The number of carbonyl (C=O) groups is 2. The van der Waals surface area contributed by atoms with Gasteiger partial charge in [0, 0.05) is 37.8 Å². The van der Waals surface area contributed by atoms with Gasteiger partial charge in [0.15, 0.2) is 5.60 Å². The Morgan fingerprint density at radius 1 is 1.44 bits per heavy atom. The predicted molar refractivity (Wildman–Crippen MR) is 92.6 cm³/mol. The van der Waals surface area contributed by atoms with Crippen LogP contribution in [-0.4, -0.2) is 46.1 Å². The Labute approximate surface area is 147 Å². The molecule has 25 heavy (non-hydrogen) atoms. The van der Waals surface area contributed by atoms with Gasteiger partial charge in [-0.1, -0.05) is 25.1 Å². The first-order valence-electron chi connectivity index (χ1n) is 8.70. The molecule has 1 fully saturated rings. The molecule has 0 aliphatic carbocycles. The molecule has 0 unspecified atom stereocenters. The molecule has 0 radical (unpaired) electrons. The number of amides is 2. The van der Waals surface area contributed by atoms with E-state index in [1.807, 2.05) is 30.9 Å². The number of aromatic nitrogens is 1. The second-order valence-electron chi connectivity index (χ2n) is 7.05. The zero-order valence-corrected chi connectivity index (χ0v) is 14.7. The average molecular weight is 344 g/mol. The fourth-order valence-electron chi connectivity index (χ4n) is 3.30. The maximum Gasteiger partial charge on any atom is 0.269 e. The third kappa shape index (κ3) is 3.97.